The van der Waals surface area contributed by atoms with Gasteiger partial charge in [-0.1, -0.05) is 19.8 Å². The molecule has 2 heterocycles. The Balaban J connectivity index is 1.93. The fraction of sp³-hybridized carbons (Fsp3) is 0.474. The van der Waals surface area contributed by atoms with Crippen LogP contribution in [-0.2, 0) is 11.3 Å². The first kappa shape index (κ1) is 18.9. The maximum atomic E-state index is 13.2. The summed E-state index contributed by atoms with van der Waals surface area (Å²) in [6, 6.07) is 5.64. The predicted octanol–water partition coefficient (Wildman–Crippen LogP) is 3.02. The van der Waals surface area contributed by atoms with Crippen molar-refractivity contribution in [2.24, 2.45) is 5.73 Å². The third-order valence-electron chi connectivity index (χ3n) is 4.83. The van der Waals surface area contributed by atoms with Gasteiger partial charge in [-0.15, -0.1) is 0 Å². The topological polar surface area (TPSA) is 64.2 Å². The summed E-state index contributed by atoms with van der Waals surface area (Å²) >= 11 is 4.17. The molecule has 1 amide bonds. The molecular weight excluding hydrogens is 351 g/mol. The van der Waals surface area contributed by atoms with Crippen LogP contribution in [0.5, 0.6) is 0 Å². The molecule has 0 saturated carbocycles. The fourth-order valence-corrected chi connectivity index (χ4v) is 3.54. The minimum atomic E-state index is -0.597. The average Bonchev–Trinajstić information content (AvgIpc) is 3.09. The second-order valence-corrected chi connectivity index (χ2v) is 7.03. The van der Waals surface area contributed by atoms with E-state index in [2.05, 4.69) is 24.1 Å². The second kappa shape index (κ2) is 8.22. The van der Waals surface area contributed by atoms with Gasteiger partial charge < -0.3 is 15.2 Å². The van der Waals surface area contributed by atoms with E-state index >= 15 is 0 Å². The lowest BCUT2D eigenvalue weighted by molar-refractivity contribution is -0.136. The number of unbranched alkanes of at least 4 members (excludes halogenated alkanes) is 1. The first-order chi connectivity index (χ1) is 12.5. The van der Waals surface area contributed by atoms with Crippen molar-refractivity contribution in [1.29, 1.82) is 0 Å². The quantitative estimate of drug-likeness (QED) is 0.762. The van der Waals surface area contributed by atoms with Gasteiger partial charge in [0.1, 0.15) is 11.6 Å². The van der Waals surface area contributed by atoms with Crippen molar-refractivity contribution < 1.29 is 9.18 Å². The molecule has 0 radical (unpaired) electrons. The number of benzene rings is 1. The number of nitrogens with two attached hydrogens (primary N) is 1. The summed E-state index contributed by atoms with van der Waals surface area (Å²) < 4.78 is 15.3. The maximum Gasteiger partial charge on any atom is 0.241 e. The number of thiol groups is 1. The zero-order chi connectivity index (χ0) is 18.7. The molecule has 2 N–H and O–H groups in total. The molecule has 2 atom stereocenters. The van der Waals surface area contributed by atoms with Crippen LogP contribution in [0.2, 0.25) is 0 Å². The van der Waals surface area contributed by atoms with E-state index in [1.807, 2.05) is 11.1 Å². The van der Waals surface area contributed by atoms with Gasteiger partial charge in [-0.05, 0) is 30.7 Å². The van der Waals surface area contributed by atoms with Gasteiger partial charge in [-0.2, -0.15) is 12.6 Å². The van der Waals surface area contributed by atoms with Crippen LogP contribution in [0.3, 0.4) is 0 Å². The van der Waals surface area contributed by atoms with Crippen molar-refractivity contribution in [2.45, 2.75) is 44.8 Å². The zero-order valence-electron chi connectivity index (χ0n) is 14.9. The van der Waals surface area contributed by atoms with Crippen LogP contribution in [0.25, 0.3) is 11.3 Å². The molecule has 0 fully saturated rings. The molecule has 0 aliphatic carbocycles. The molecule has 0 spiro atoms. The van der Waals surface area contributed by atoms with Gasteiger partial charge >= 0.3 is 0 Å². The Morgan fingerprint density at radius 1 is 1.38 bits per heavy atom. The van der Waals surface area contributed by atoms with Gasteiger partial charge in [0.2, 0.25) is 5.91 Å². The number of hydrogen-bond donors (Lipinski definition) is 2. The lowest BCUT2D eigenvalue weighted by Gasteiger charge is -2.37. The first-order valence-corrected chi connectivity index (χ1v) is 9.68. The lowest BCUT2D eigenvalue weighted by atomic mass is 10.0. The smallest absolute Gasteiger partial charge is 0.241 e. The molecule has 1 aliphatic rings. The number of amides is 1. The van der Waals surface area contributed by atoms with Gasteiger partial charge in [-0.25, -0.2) is 9.37 Å². The van der Waals surface area contributed by atoms with E-state index in [-0.39, 0.29) is 17.8 Å². The Morgan fingerprint density at radius 2 is 2.12 bits per heavy atom. The molecule has 1 aromatic heterocycles. The number of nitrogens with zero attached hydrogens (tertiary/aromatic N) is 3. The van der Waals surface area contributed by atoms with Crippen molar-refractivity contribution in [3.63, 3.8) is 0 Å². The molecule has 1 aliphatic heterocycles. The van der Waals surface area contributed by atoms with E-state index in [0.29, 0.717) is 18.8 Å². The molecule has 5 nitrogen and oxygen atoms in total. The molecule has 140 valence electrons. The number of hydrogen-bond acceptors (Lipinski definition) is 4. The number of carbonyl (C=O) groups excluding carboxylic acids is 1. The lowest BCUT2D eigenvalue weighted by Crippen LogP contribution is -2.50. The number of halogens is 1. The molecule has 0 bridgehead atoms. The summed E-state index contributed by atoms with van der Waals surface area (Å²) in [6.45, 7) is 3.42. The average molecular weight is 377 g/mol. The molecule has 1 aromatic carbocycles. The third-order valence-corrected chi connectivity index (χ3v) is 5.22. The van der Waals surface area contributed by atoms with Crippen molar-refractivity contribution in [3.8, 4) is 11.3 Å². The Bertz CT molecular complexity index is 761. The molecule has 2 aromatic rings. The highest BCUT2D eigenvalue weighted by Crippen LogP contribution is 2.32. The van der Waals surface area contributed by atoms with Gasteiger partial charge in [-0.3, -0.25) is 4.79 Å². The van der Waals surface area contributed by atoms with Crippen LogP contribution in [0.15, 0.2) is 30.5 Å². The van der Waals surface area contributed by atoms with Crippen molar-refractivity contribution in [1.82, 2.24) is 14.5 Å². The van der Waals surface area contributed by atoms with Gasteiger partial charge in [0.15, 0.2) is 0 Å². The van der Waals surface area contributed by atoms with Crippen molar-refractivity contribution >= 4 is 18.5 Å². The Hall–Kier alpha value is -1.86. The van der Waals surface area contributed by atoms with Crippen LogP contribution in [-0.4, -0.2) is 38.7 Å². The van der Waals surface area contributed by atoms with Crippen molar-refractivity contribution in [3.05, 3.63) is 42.1 Å². The Kier molecular flexibility index (Phi) is 5.98. The maximum absolute atomic E-state index is 13.2. The summed E-state index contributed by atoms with van der Waals surface area (Å²) in [5.74, 6) is 0.865. The third kappa shape index (κ3) is 3.78. The van der Waals surface area contributed by atoms with Crippen LogP contribution >= 0.6 is 12.6 Å². The standard InChI is InChI=1S/C19H25FN4OS/c1-2-3-4-17-18-22-16(13-5-7-14(20)8-6-13)11-23(18)9-10-24(17)19(25)15(21)12-26/h5-8,11,15,17,26H,2-4,9-10,12,21H2,1H3/t15-,17-/m0/s1. The van der Waals surface area contributed by atoms with Gasteiger partial charge in [0, 0.05) is 30.6 Å². The fourth-order valence-electron chi connectivity index (χ4n) is 3.38. The van der Waals surface area contributed by atoms with Gasteiger partial charge in [0.25, 0.3) is 0 Å². The van der Waals surface area contributed by atoms with E-state index in [4.69, 9.17) is 10.7 Å². The van der Waals surface area contributed by atoms with E-state index in [1.54, 1.807) is 12.1 Å². The summed E-state index contributed by atoms with van der Waals surface area (Å²) in [6.07, 6.45) is 4.88. The van der Waals surface area contributed by atoms with Crippen LogP contribution in [0.4, 0.5) is 4.39 Å². The number of imidazole rings is 1. The highest BCUT2D eigenvalue weighted by atomic mass is 32.1. The largest absolute Gasteiger partial charge is 0.331 e. The summed E-state index contributed by atoms with van der Waals surface area (Å²) in [4.78, 5) is 19.3. The monoisotopic (exact) mass is 376 g/mol. The van der Waals surface area contributed by atoms with Crippen LogP contribution < -0.4 is 5.73 Å². The van der Waals surface area contributed by atoms with E-state index in [1.165, 1.54) is 12.1 Å². The predicted molar refractivity (Wildman–Crippen MR) is 103 cm³/mol. The molecule has 7 heteroatoms. The van der Waals surface area contributed by atoms with E-state index in [0.717, 1.165) is 36.3 Å². The summed E-state index contributed by atoms with van der Waals surface area (Å²) in [7, 11) is 0. The minimum absolute atomic E-state index is 0.0707. The second-order valence-electron chi connectivity index (χ2n) is 6.66. The highest BCUT2D eigenvalue weighted by molar-refractivity contribution is 7.80. The molecule has 3 rings (SSSR count). The van der Waals surface area contributed by atoms with E-state index in [9.17, 15) is 9.18 Å². The molecule has 26 heavy (non-hydrogen) atoms. The van der Waals surface area contributed by atoms with Gasteiger partial charge in [0.05, 0.1) is 17.8 Å². The summed E-state index contributed by atoms with van der Waals surface area (Å²) in [5, 5.41) is 0. The van der Waals surface area contributed by atoms with Crippen LogP contribution in [0, 0.1) is 5.82 Å². The molecular formula is C19H25FN4OS. The highest BCUT2D eigenvalue weighted by Gasteiger charge is 2.34. The first-order valence-electron chi connectivity index (χ1n) is 9.05. The van der Waals surface area contributed by atoms with E-state index < -0.39 is 6.04 Å². The number of carbonyl (C=O) groups is 1. The Morgan fingerprint density at radius 3 is 2.77 bits per heavy atom. The van der Waals surface area contributed by atoms with Crippen molar-refractivity contribution in [2.75, 3.05) is 12.3 Å². The SMILES string of the molecule is CCCC[C@H]1c2nc(-c3ccc(F)cc3)cn2CCN1C(=O)[C@@H](N)CS. The number of fused-ring (bicyclic) bond motifs is 1. The number of rotatable bonds is 6. The minimum Gasteiger partial charge on any atom is -0.331 e. The van der Waals surface area contributed by atoms with Crippen LogP contribution in [0.1, 0.15) is 38.1 Å². The Labute approximate surface area is 158 Å². The summed E-state index contributed by atoms with van der Waals surface area (Å²) in [5.41, 5.74) is 7.61. The zero-order valence-corrected chi connectivity index (χ0v) is 15.8. The molecule has 0 saturated heterocycles. The molecule has 0 unspecified atom stereocenters. The normalized spacial score (nSPS) is 17.8. The number of aromatic nitrogens is 2.